The second-order valence-corrected chi connectivity index (χ2v) is 6.84. The van der Waals surface area contributed by atoms with Crippen LogP contribution in [0.2, 0.25) is 0 Å². The van der Waals surface area contributed by atoms with Gasteiger partial charge in [0.2, 0.25) is 5.95 Å². The van der Waals surface area contributed by atoms with Crippen LogP contribution in [0, 0.1) is 5.95 Å². The van der Waals surface area contributed by atoms with Gasteiger partial charge in [0, 0.05) is 6.04 Å². The van der Waals surface area contributed by atoms with E-state index in [0.29, 0.717) is 12.1 Å². The maximum Gasteiger partial charge on any atom is 0.410 e. The molecule has 5 heteroatoms. The van der Waals surface area contributed by atoms with Crippen molar-refractivity contribution in [3.05, 3.63) is 71.8 Å². The Bertz CT molecular complexity index is 822. The number of carbonyl (C=O) groups is 1. The van der Waals surface area contributed by atoms with Crippen molar-refractivity contribution in [2.45, 2.75) is 44.4 Å². The largest absolute Gasteiger partial charge is 0.445 e. The number of amides is 1. The zero-order valence-corrected chi connectivity index (χ0v) is 14.5. The molecule has 2 atom stereocenters. The first kappa shape index (κ1) is 16.8. The van der Waals surface area contributed by atoms with Crippen LogP contribution in [0.5, 0.6) is 0 Å². The Labute approximate surface area is 152 Å². The van der Waals surface area contributed by atoms with E-state index in [1.807, 2.05) is 41.3 Å². The molecule has 1 amide bonds. The Kier molecular flexibility index (Phi) is 4.69. The van der Waals surface area contributed by atoms with Crippen LogP contribution in [0.3, 0.4) is 0 Å². The summed E-state index contributed by atoms with van der Waals surface area (Å²) >= 11 is 0. The zero-order chi connectivity index (χ0) is 17.9. The number of piperidine rings is 1. The van der Waals surface area contributed by atoms with E-state index in [-0.39, 0.29) is 24.8 Å². The number of aromatic nitrogens is 1. The van der Waals surface area contributed by atoms with Gasteiger partial charge in [0.1, 0.15) is 6.61 Å². The van der Waals surface area contributed by atoms with Gasteiger partial charge in [0.25, 0.3) is 0 Å². The van der Waals surface area contributed by atoms with E-state index in [1.54, 1.807) is 6.07 Å². The minimum Gasteiger partial charge on any atom is -0.445 e. The fourth-order valence-corrected chi connectivity index (χ4v) is 3.89. The van der Waals surface area contributed by atoms with Gasteiger partial charge in [-0.05, 0) is 49.0 Å². The van der Waals surface area contributed by atoms with Crippen molar-refractivity contribution >= 4 is 11.7 Å². The number of carbonyl (C=O) groups excluding carboxylic acids is 1. The molecule has 2 aromatic rings. The van der Waals surface area contributed by atoms with Crippen molar-refractivity contribution in [2.75, 3.05) is 0 Å². The highest BCUT2D eigenvalue weighted by Crippen LogP contribution is 2.37. The van der Waals surface area contributed by atoms with E-state index >= 15 is 0 Å². The van der Waals surface area contributed by atoms with E-state index in [1.165, 1.54) is 6.07 Å². The summed E-state index contributed by atoms with van der Waals surface area (Å²) in [5, 5.41) is 0. The van der Waals surface area contributed by atoms with Crippen molar-refractivity contribution in [3.63, 3.8) is 0 Å². The van der Waals surface area contributed by atoms with Gasteiger partial charge in [0.15, 0.2) is 0 Å². The Morgan fingerprint density at radius 2 is 2.00 bits per heavy atom. The van der Waals surface area contributed by atoms with E-state index < -0.39 is 5.95 Å². The van der Waals surface area contributed by atoms with Crippen LogP contribution < -0.4 is 0 Å². The monoisotopic (exact) mass is 352 g/mol. The van der Waals surface area contributed by atoms with Crippen LogP contribution in [0.4, 0.5) is 9.18 Å². The Morgan fingerprint density at radius 1 is 1.15 bits per heavy atom. The molecular formula is C21H21FN2O2. The minimum absolute atomic E-state index is 0.00848. The molecule has 1 aromatic carbocycles. The van der Waals surface area contributed by atoms with Crippen LogP contribution in [-0.2, 0) is 11.3 Å². The smallest absolute Gasteiger partial charge is 0.410 e. The molecule has 134 valence electrons. The lowest BCUT2D eigenvalue weighted by Gasteiger charge is -2.44. The van der Waals surface area contributed by atoms with Gasteiger partial charge in [-0.1, -0.05) is 42.5 Å². The molecule has 1 aromatic heterocycles. The zero-order valence-electron chi connectivity index (χ0n) is 14.5. The fraction of sp³-hybridized carbons (Fsp3) is 0.333. The van der Waals surface area contributed by atoms with Crippen LogP contribution in [0.15, 0.2) is 54.6 Å². The third-order valence-electron chi connectivity index (χ3n) is 5.10. The molecule has 0 spiro atoms. The molecule has 1 fully saturated rings. The van der Waals surface area contributed by atoms with Crippen molar-refractivity contribution < 1.29 is 13.9 Å². The Morgan fingerprint density at radius 3 is 2.77 bits per heavy atom. The average molecular weight is 352 g/mol. The van der Waals surface area contributed by atoms with Crippen molar-refractivity contribution in [1.82, 2.24) is 9.88 Å². The van der Waals surface area contributed by atoms with Crippen LogP contribution >= 0.6 is 0 Å². The maximum atomic E-state index is 13.5. The number of nitrogens with zero attached hydrogens (tertiary/aromatic N) is 2. The summed E-state index contributed by atoms with van der Waals surface area (Å²) in [5.41, 5.74) is 2.66. The third-order valence-corrected chi connectivity index (χ3v) is 5.10. The number of benzene rings is 1. The molecule has 0 saturated carbocycles. The topological polar surface area (TPSA) is 42.4 Å². The van der Waals surface area contributed by atoms with Gasteiger partial charge in [-0.3, -0.25) is 4.90 Å². The summed E-state index contributed by atoms with van der Waals surface area (Å²) in [6.45, 7) is 0.275. The fourth-order valence-electron chi connectivity index (χ4n) is 3.89. The third kappa shape index (κ3) is 3.47. The summed E-state index contributed by atoms with van der Waals surface area (Å²) in [6.07, 6.45) is 5.39. The molecular weight excluding hydrogens is 331 g/mol. The molecule has 3 heterocycles. The molecule has 2 aliphatic rings. The molecule has 4 rings (SSSR count). The SMILES string of the molecule is O=C(OCc1ccccc1)N1C2C=C(c3cccc(F)n3)CC1CCC2. The molecule has 0 N–H and O–H groups in total. The van der Waals surface area contributed by atoms with Crippen molar-refractivity contribution in [3.8, 4) is 0 Å². The lowest BCUT2D eigenvalue weighted by atomic mass is 9.84. The number of hydrogen-bond acceptors (Lipinski definition) is 3. The standard InChI is InChI=1S/C21H21FN2O2/c22-20-11-5-10-19(23-20)16-12-17-8-4-9-18(13-16)24(17)21(25)26-14-15-6-2-1-3-7-15/h1-3,5-7,10-12,17-18H,4,8-9,13-14H2. The van der Waals surface area contributed by atoms with Crippen LogP contribution in [0.25, 0.3) is 5.57 Å². The van der Waals surface area contributed by atoms with Crippen LogP contribution in [0.1, 0.15) is 36.9 Å². The first-order valence-electron chi connectivity index (χ1n) is 9.03. The molecule has 0 radical (unpaired) electrons. The Hall–Kier alpha value is -2.69. The highest BCUT2D eigenvalue weighted by molar-refractivity contribution is 5.73. The normalized spacial score (nSPS) is 21.9. The average Bonchev–Trinajstić information content (AvgIpc) is 2.66. The highest BCUT2D eigenvalue weighted by atomic mass is 19.1. The predicted molar refractivity (Wildman–Crippen MR) is 96.7 cm³/mol. The van der Waals surface area contributed by atoms with E-state index in [9.17, 15) is 9.18 Å². The lowest BCUT2D eigenvalue weighted by Crippen LogP contribution is -2.51. The van der Waals surface area contributed by atoms with Gasteiger partial charge < -0.3 is 4.74 Å². The summed E-state index contributed by atoms with van der Waals surface area (Å²) in [4.78, 5) is 18.5. The number of rotatable bonds is 3. The number of hydrogen-bond donors (Lipinski definition) is 0. The first-order valence-corrected chi connectivity index (χ1v) is 9.03. The second kappa shape index (κ2) is 7.28. The number of halogens is 1. The Balaban J connectivity index is 1.50. The van der Waals surface area contributed by atoms with Gasteiger partial charge >= 0.3 is 6.09 Å². The summed E-state index contributed by atoms with van der Waals surface area (Å²) in [6, 6.07) is 14.6. The molecule has 1 saturated heterocycles. The summed E-state index contributed by atoms with van der Waals surface area (Å²) in [5.74, 6) is -0.474. The van der Waals surface area contributed by atoms with Gasteiger partial charge in [-0.2, -0.15) is 4.39 Å². The summed E-state index contributed by atoms with van der Waals surface area (Å²) in [7, 11) is 0. The first-order chi connectivity index (χ1) is 12.7. The number of fused-ring (bicyclic) bond motifs is 2. The van der Waals surface area contributed by atoms with Gasteiger partial charge in [-0.15, -0.1) is 0 Å². The maximum absolute atomic E-state index is 13.5. The molecule has 2 bridgehead atoms. The number of ether oxygens (including phenoxy) is 1. The molecule has 2 unspecified atom stereocenters. The molecule has 2 aliphatic heterocycles. The minimum atomic E-state index is -0.474. The molecule has 4 nitrogen and oxygen atoms in total. The lowest BCUT2D eigenvalue weighted by molar-refractivity contribution is 0.0510. The highest BCUT2D eigenvalue weighted by Gasteiger charge is 2.38. The van der Waals surface area contributed by atoms with E-state index in [4.69, 9.17) is 4.74 Å². The van der Waals surface area contributed by atoms with Crippen LogP contribution in [-0.4, -0.2) is 28.1 Å². The van der Waals surface area contributed by atoms with Gasteiger partial charge in [0.05, 0.1) is 11.7 Å². The summed E-state index contributed by atoms with van der Waals surface area (Å²) < 4.78 is 19.0. The van der Waals surface area contributed by atoms with Crippen molar-refractivity contribution in [2.24, 2.45) is 0 Å². The van der Waals surface area contributed by atoms with Crippen molar-refractivity contribution in [1.29, 1.82) is 0 Å². The second-order valence-electron chi connectivity index (χ2n) is 6.84. The molecule has 26 heavy (non-hydrogen) atoms. The quantitative estimate of drug-likeness (QED) is 0.760. The van der Waals surface area contributed by atoms with E-state index in [2.05, 4.69) is 11.1 Å². The van der Waals surface area contributed by atoms with E-state index in [0.717, 1.165) is 30.4 Å². The number of pyridine rings is 1. The van der Waals surface area contributed by atoms with Gasteiger partial charge in [-0.25, -0.2) is 9.78 Å². The predicted octanol–water partition coefficient (Wildman–Crippen LogP) is 4.57. The molecule has 0 aliphatic carbocycles.